The van der Waals surface area contributed by atoms with Gasteiger partial charge in [0.2, 0.25) is 17.7 Å². The molecule has 7 atom stereocenters. The average Bonchev–Trinajstić information content (AvgIpc) is 3.67. The van der Waals surface area contributed by atoms with Crippen molar-refractivity contribution in [1.29, 1.82) is 0 Å². The molecule has 45 heavy (non-hydrogen) atoms. The zero-order valence-corrected chi connectivity index (χ0v) is 27.2. The fourth-order valence-corrected chi connectivity index (χ4v) is 7.46. The highest BCUT2D eigenvalue weighted by atomic mass is 16.6. The normalized spacial score (nSPS) is 28.9. The van der Waals surface area contributed by atoms with Crippen LogP contribution >= 0.6 is 0 Å². The van der Waals surface area contributed by atoms with Gasteiger partial charge in [0.15, 0.2) is 0 Å². The standard InChI is InChI=1S/C33H52N4O8/c1-6-8-9-26(39)34-20-23(5)44-32(42)27-25-10-11-33(45-25)28(27)30(40)37(24(21-38)19-22(3)4)29(33)31(41)36(12-7-2)14-13-35-15-17-43-18-16-35/h6-7,22-25,27-29,38H,1-2,8-21H2,3-5H3,(H,34,39)/t23-,24-,25-,27+,28+,29-,33+/m1/s1. The smallest absolute Gasteiger partial charge is 0.312 e. The first-order valence-electron chi connectivity index (χ1n) is 16.5. The summed E-state index contributed by atoms with van der Waals surface area (Å²) in [6, 6.07) is -1.60. The van der Waals surface area contributed by atoms with Gasteiger partial charge in [-0.05, 0) is 38.5 Å². The van der Waals surface area contributed by atoms with E-state index in [0.29, 0.717) is 65.0 Å². The van der Waals surface area contributed by atoms with E-state index in [0.717, 1.165) is 13.1 Å². The topological polar surface area (TPSA) is 138 Å². The summed E-state index contributed by atoms with van der Waals surface area (Å²) in [6.45, 7) is 17.2. The monoisotopic (exact) mass is 632 g/mol. The van der Waals surface area contributed by atoms with Gasteiger partial charge in [-0.1, -0.05) is 26.0 Å². The number of carbonyl (C=O) groups excluding carboxylic acids is 4. The van der Waals surface area contributed by atoms with E-state index in [2.05, 4.69) is 23.4 Å². The lowest BCUT2D eigenvalue weighted by molar-refractivity contribution is -0.160. The van der Waals surface area contributed by atoms with Crippen molar-refractivity contribution in [1.82, 2.24) is 20.0 Å². The van der Waals surface area contributed by atoms with E-state index in [1.807, 2.05) is 13.8 Å². The van der Waals surface area contributed by atoms with Gasteiger partial charge in [0.25, 0.3) is 0 Å². The third kappa shape index (κ3) is 7.61. The highest BCUT2D eigenvalue weighted by Gasteiger charge is 2.75. The van der Waals surface area contributed by atoms with Crippen molar-refractivity contribution in [2.45, 2.75) is 82.8 Å². The van der Waals surface area contributed by atoms with Crippen LogP contribution in [0.1, 0.15) is 52.9 Å². The Hall–Kier alpha value is -2.80. The van der Waals surface area contributed by atoms with E-state index in [-0.39, 0.29) is 36.8 Å². The van der Waals surface area contributed by atoms with Crippen LogP contribution in [0, 0.1) is 17.8 Å². The number of fused-ring (bicyclic) bond motifs is 1. The van der Waals surface area contributed by atoms with Crippen LogP contribution in [0.3, 0.4) is 0 Å². The first-order valence-corrected chi connectivity index (χ1v) is 16.5. The summed E-state index contributed by atoms with van der Waals surface area (Å²) in [4.78, 5) is 60.2. The number of morpholine rings is 1. The molecule has 12 heteroatoms. The maximum Gasteiger partial charge on any atom is 0.312 e. The minimum atomic E-state index is -1.20. The Morgan fingerprint density at radius 3 is 2.58 bits per heavy atom. The molecule has 4 rings (SSSR count). The molecule has 4 fully saturated rings. The molecule has 2 N–H and O–H groups in total. The first-order chi connectivity index (χ1) is 21.6. The molecule has 2 bridgehead atoms. The van der Waals surface area contributed by atoms with Crippen LogP contribution in [0.4, 0.5) is 0 Å². The molecular weight excluding hydrogens is 580 g/mol. The Kier molecular flexibility index (Phi) is 12.2. The van der Waals surface area contributed by atoms with Crippen LogP contribution in [0.5, 0.6) is 0 Å². The van der Waals surface area contributed by atoms with Crippen LogP contribution in [0.15, 0.2) is 25.3 Å². The van der Waals surface area contributed by atoms with E-state index < -0.39 is 47.7 Å². The summed E-state index contributed by atoms with van der Waals surface area (Å²) in [6.07, 6.45) is 4.45. The Balaban J connectivity index is 1.58. The number of rotatable bonds is 17. The van der Waals surface area contributed by atoms with E-state index in [1.54, 1.807) is 24.0 Å². The molecule has 4 saturated heterocycles. The number of hydrogen-bond acceptors (Lipinski definition) is 9. The SMILES string of the molecule is C=CCCC(=O)NC[C@@H](C)OC(=O)[C@@H]1[C@H]2C(=O)N([C@@H](CO)CC(C)C)[C@H](C(=O)N(CC=C)CCN3CCOCC3)[C@]23CC[C@H]1O3. The van der Waals surface area contributed by atoms with Gasteiger partial charge in [-0.25, -0.2) is 0 Å². The summed E-state index contributed by atoms with van der Waals surface area (Å²) < 4.78 is 17.8. The number of esters is 1. The lowest BCUT2D eigenvalue weighted by Gasteiger charge is -2.40. The molecule has 4 aliphatic heterocycles. The van der Waals surface area contributed by atoms with Crippen LogP contribution in [0.25, 0.3) is 0 Å². The molecular formula is C33H52N4O8. The van der Waals surface area contributed by atoms with Gasteiger partial charge in [0.05, 0.1) is 50.3 Å². The predicted molar refractivity (Wildman–Crippen MR) is 167 cm³/mol. The molecule has 4 heterocycles. The summed E-state index contributed by atoms with van der Waals surface area (Å²) in [7, 11) is 0. The Labute approximate surface area is 267 Å². The fraction of sp³-hybridized carbons (Fsp3) is 0.758. The van der Waals surface area contributed by atoms with E-state index in [4.69, 9.17) is 14.2 Å². The van der Waals surface area contributed by atoms with Gasteiger partial charge in [0, 0.05) is 39.1 Å². The van der Waals surface area contributed by atoms with E-state index in [1.165, 1.54) is 4.90 Å². The van der Waals surface area contributed by atoms with E-state index in [9.17, 15) is 24.3 Å². The largest absolute Gasteiger partial charge is 0.460 e. The molecule has 0 unspecified atom stereocenters. The molecule has 0 aromatic rings. The highest BCUT2D eigenvalue weighted by molar-refractivity contribution is 5.98. The molecule has 12 nitrogen and oxygen atoms in total. The Morgan fingerprint density at radius 1 is 1.20 bits per heavy atom. The lowest BCUT2D eigenvalue weighted by Crippen LogP contribution is -2.59. The molecule has 0 aliphatic carbocycles. The molecule has 3 amide bonds. The molecule has 0 radical (unpaired) electrons. The summed E-state index contributed by atoms with van der Waals surface area (Å²) in [5, 5.41) is 13.3. The number of aliphatic hydroxyl groups is 1. The maximum absolute atomic E-state index is 14.6. The number of nitrogens with one attached hydrogen (secondary N) is 1. The van der Waals surface area contributed by atoms with Crippen molar-refractivity contribution in [3.63, 3.8) is 0 Å². The van der Waals surface area contributed by atoms with Crippen molar-refractivity contribution in [2.75, 3.05) is 59.1 Å². The van der Waals surface area contributed by atoms with Crippen LogP contribution in [-0.4, -0.2) is 132 Å². The number of aliphatic hydroxyl groups excluding tert-OH is 1. The van der Waals surface area contributed by atoms with Crippen LogP contribution in [0.2, 0.25) is 0 Å². The maximum atomic E-state index is 14.6. The molecule has 1 spiro atoms. The van der Waals surface area contributed by atoms with Gasteiger partial charge in [-0.15, -0.1) is 13.2 Å². The summed E-state index contributed by atoms with van der Waals surface area (Å²) >= 11 is 0. The minimum Gasteiger partial charge on any atom is -0.460 e. The van der Waals surface area contributed by atoms with Crippen LogP contribution < -0.4 is 5.32 Å². The quantitative estimate of drug-likeness (QED) is 0.179. The second-order valence-corrected chi connectivity index (χ2v) is 13.2. The Morgan fingerprint density at radius 2 is 1.93 bits per heavy atom. The molecule has 4 aliphatic rings. The van der Waals surface area contributed by atoms with Crippen molar-refractivity contribution in [2.24, 2.45) is 17.8 Å². The van der Waals surface area contributed by atoms with Crippen molar-refractivity contribution in [3.05, 3.63) is 25.3 Å². The van der Waals surface area contributed by atoms with Gasteiger partial charge >= 0.3 is 5.97 Å². The second-order valence-electron chi connectivity index (χ2n) is 13.2. The summed E-state index contributed by atoms with van der Waals surface area (Å²) in [5.74, 6) is -2.99. The minimum absolute atomic E-state index is 0.136. The number of likely N-dealkylation sites (tertiary alicyclic amines) is 1. The third-order valence-corrected chi connectivity index (χ3v) is 9.52. The molecule has 0 aromatic carbocycles. The summed E-state index contributed by atoms with van der Waals surface area (Å²) in [5.41, 5.74) is -1.20. The highest BCUT2D eigenvalue weighted by Crippen LogP contribution is 2.59. The average molecular weight is 633 g/mol. The number of allylic oxidation sites excluding steroid dienone is 1. The third-order valence-electron chi connectivity index (χ3n) is 9.52. The lowest BCUT2D eigenvalue weighted by atomic mass is 9.70. The molecule has 0 saturated carbocycles. The van der Waals surface area contributed by atoms with Gasteiger partial charge < -0.3 is 34.4 Å². The zero-order valence-electron chi connectivity index (χ0n) is 27.2. The van der Waals surface area contributed by atoms with Gasteiger partial charge in [0.1, 0.15) is 17.7 Å². The van der Waals surface area contributed by atoms with E-state index >= 15 is 0 Å². The number of nitrogens with zero attached hydrogens (tertiary/aromatic N) is 3. The second kappa shape index (κ2) is 15.7. The number of carbonyl (C=O) groups is 4. The molecule has 252 valence electrons. The van der Waals surface area contributed by atoms with Gasteiger partial charge in [-0.3, -0.25) is 24.1 Å². The number of hydrogen-bond donors (Lipinski definition) is 2. The molecule has 0 aromatic heterocycles. The predicted octanol–water partition coefficient (Wildman–Crippen LogP) is 1.13. The van der Waals surface area contributed by atoms with Crippen LogP contribution in [-0.2, 0) is 33.4 Å². The first kappa shape index (κ1) is 35.1. The number of amides is 3. The van der Waals surface area contributed by atoms with Crippen molar-refractivity contribution >= 4 is 23.7 Å². The van der Waals surface area contributed by atoms with Gasteiger partial charge in [-0.2, -0.15) is 0 Å². The fourth-order valence-electron chi connectivity index (χ4n) is 7.46. The van der Waals surface area contributed by atoms with Crippen molar-refractivity contribution in [3.8, 4) is 0 Å². The zero-order chi connectivity index (χ0) is 32.7. The number of ether oxygens (including phenoxy) is 3. The van der Waals surface area contributed by atoms with Crippen molar-refractivity contribution < 1.29 is 38.5 Å². The Bertz CT molecular complexity index is 1090.